The van der Waals surface area contributed by atoms with Gasteiger partial charge in [-0.25, -0.2) is 8.42 Å². The molecule has 0 amide bonds. The Hall–Kier alpha value is -2.58. The van der Waals surface area contributed by atoms with Crippen molar-refractivity contribution in [2.75, 3.05) is 27.0 Å². The molecule has 0 aliphatic carbocycles. The van der Waals surface area contributed by atoms with Gasteiger partial charge in [-0.2, -0.15) is 4.31 Å². The Morgan fingerprint density at radius 2 is 1.85 bits per heavy atom. The van der Waals surface area contributed by atoms with Crippen LogP contribution >= 0.6 is 0 Å². The van der Waals surface area contributed by atoms with Gasteiger partial charge in [0, 0.05) is 6.54 Å². The maximum atomic E-state index is 13.2. The summed E-state index contributed by atoms with van der Waals surface area (Å²) in [6, 6.07) is 12.8. The average molecular weight is 476 g/mol. The molecule has 1 saturated heterocycles. The van der Waals surface area contributed by atoms with Crippen LogP contribution in [0, 0.1) is 6.92 Å². The van der Waals surface area contributed by atoms with Crippen LogP contribution in [-0.4, -0.2) is 51.8 Å². The number of aryl methyl sites for hydroxylation is 2. The number of piperidine rings is 1. The molecule has 0 spiro atoms. The Balaban J connectivity index is 1.81. The smallest absolute Gasteiger partial charge is 0.325 e. The van der Waals surface area contributed by atoms with E-state index < -0.39 is 28.1 Å². The molecule has 2 aromatic rings. The van der Waals surface area contributed by atoms with Gasteiger partial charge in [0.05, 0.1) is 20.5 Å². The molecule has 0 aromatic heterocycles. The van der Waals surface area contributed by atoms with Gasteiger partial charge in [-0.15, -0.1) is 0 Å². The maximum absolute atomic E-state index is 13.2. The summed E-state index contributed by atoms with van der Waals surface area (Å²) < 4.78 is 42.4. The molecular formula is C25H33NO6S. The molecule has 1 aliphatic heterocycles. The lowest BCUT2D eigenvalue weighted by Gasteiger charge is -2.33. The van der Waals surface area contributed by atoms with Crippen LogP contribution in [-0.2, 0) is 26.0 Å². The van der Waals surface area contributed by atoms with Crippen LogP contribution in [0.15, 0.2) is 42.5 Å². The van der Waals surface area contributed by atoms with Gasteiger partial charge in [0.2, 0.25) is 10.0 Å². The predicted octanol–water partition coefficient (Wildman–Crippen LogP) is 4.04. The predicted molar refractivity (Wildman–Crippen MR) is 127 cm³/mol. The number of carbonyl (C=O) groups is 1. The van der Waals surface area contributed by atoms with E-state index in [-0.39, 0.29) is 0 Å². The Labute approximate surface area is 196 Å². The molecule has 0 bridgehead atoms. The lowest BCUT2D eigenvalue weighted by molar-refractivity contribution is -0.155. The summed E-state index contributed by atoms with van der Waals surface area (Å²) in [7, 11) is -0.303. The van der Waals surface area contributed by atoms with Crippen molar-refractivity contribution in [3.8, 4) is 11.5 Å². The summed E-state index contributed by atoms with van der Waals surface area (Å²) in [5, 5.41) is 0. The van der Waals surface area contributed by atoms with Gasteiger partial charge in [0.1, 0.15) is 12.1 Å². The fraction of sp³-hybridized carbons (Fsp3) is 0.480. The van der Waals surface area contributed by atoms with E-state index in [1.165, 1.54) is 4.31 Å². The van der Waals surface area contributed by atoms with Crippen molar-refractivity contribution in [3.63, 3.8) is 0 Å². The summed E-state index contributed by atoms with van der Waals surface area (Å²) in [5.74, 6) is 0.810. The van der Waals surface area contributed by atoms with Crippen LogP contribution in [0.1, 0.15) is 48.5 Å². The highest BCUT2D eigenvalue weighted by Gasteiger charge is 2.36. The highest BCUT2D eigenvalue weighted by atomic mass is 32.2. The Morgan fingerprint density at radius 1 is 1.09 bits per heavy atom. The molecule has 8 heteroatoms. The number of nitrogens with zero attached hydrogens (tertiary/aromatic N) is 1. The minimum absolute atomic E-state index is 0.347. The fourth-order valence-electron chi connectivity index (χ4n) is 4.25. The van der Waals surface area contributed by atoms with Crippen LogP contribution in [0.3, 0.4) is 0 Å². The van der Waals surface area contributed by atoms with E-state index in [0.717, 1.165) is 35.8 Å². The second-order valence-electron chi connectivity index (χ2n) is 8.45. The van der Waals surface area contributed by atoms with Gasteiger partial charge in [-0.3, -0.25) is 4.79 Å². The third-order valence-corrected chi connectivity index (χ3v) is 7.26. The van der Waals surface area contributed by atoms with E-state index in [1.54, 1.807) is 14.2 Å². The zero-order chi connectivity index (χ0) is 24.0. The monoisotopic (exact) mass is 475 g/mol. The normalized spacial score (nSPS) is 17.9. The van der Waals surface area contributed by atoms with Crippen molar-refractivity contribution < 1.29 is 27.4 Å². The van der Waals surface area contributed by atoms with E-state index >= 15 is 0 Å². The first-order valence-corrected chi connectivity index (χ1v) is 13.0. The van der Waals surface area contributed by atoms with Crippen LogP contribution < -0.4 is 9.47 Å². The summed E-state index contributed by atoms with van der Waals surface area (Å²) >= 11 is 0. The maximum Gasteiger partial charge on any atom is 0.325 e. The fourth-order valence-corrected chi connectivity index (χ4v) is 5.37. The largest absolute Gasteiger partial charge is 0.493 e. The first-order chi connectivity index (χ1) is 15.7. The van der Waals surface area contributed by atoms with E-state index in [2.05, 4.69) is 0 Å². The molecule has 7 nitrogen and oxygen atoms in total. The van der Waals surface area contributed by atoms with Gasteiger partial charge in [0.25, 0.3) is 0 Å². The van der Waals surface area contributed by atoms with Gasteiger partial charge in [-0.05, 0) is 62.3 Å². The number of hydrogen-bond acceptors (Lipinski definition) is 6. The summed E-state index contributed by atoms with van der Waals surface area (Å²) in [4.78, 5) is 13.2. The SMILES string of the molecule is COc1ccc(CC[C@@H](OC(=O)[C@@H]2CCCCN2S(C)(=O)=O)c2cccc(C)c2)cc1OC. The van der Waals surface area contributed by atoms with Crippen molar-refractivity contribution in [2.24, 2.45) is 0 Å². The molecule has 0 radical (unpaired) electrons. The topological polar surface area (TPSA) is 82.1 Å². The van der Waals surface area contributed by atoms with Gasteiger partial charge >= 0.3 is 5.97 Å². The molecule has 1 aliphatic rings. The van der Waals surface area contributed by atoms with E-state index in [1.807, 2.05) is 49.4 Å². The lowest BCUT2D eigenvalue weighted by atomic mass is 9.99. The van der Waals surface area contributed by atoms with E-state index in [4.69, 9.17) is 14.2 Å². The van der Waals surface area contributed by atoms with E-state index in [0.29, 0.717) is 37.3 Å². The number of benzene rings is 2. The molecule has 1 heterocycles. The summed E-state index contributed by atoms with van der Waals surface area (Å²) in [5.41, 5.74) is 2.98. The Kier molecular flexibility index (Phi) is 8.37. The molecule has 180 valence electrons. The second kappa shape index (κ2) is 11.0. The summed E-state index contributed by atoms with van der Waals surface area (Å²) in [6.07, 6.45) is 3.87. The van der Waals surface area contributed by atoms with Gasteiger partial charge in [0.15, 0.2) is 11.5 Å². The van der Waals surface area contributed by atoms with Crippen molar-refractivity contribution in [1.82, 2.24) is 4.31 Å². The zero-order valence-electron chi connectivity index (χ0n) is 19.7. The molecule has 0 N–H and O–H groups in total. The second-order valence-corrected chi connectivity index (χ2v) is 10.4. The highest BCUT2D eigenvalue weighted by molar-refractivity contribution is 7.88. The van der Waals surface area contributed by atoms with Gasteiger partial charge in [-0.1, -0.05) is 35.9 Å². The van der Waals surface area contributed by atoms with Gasteiger partial charge < -0.3 is 14.2 Å². The molecule has 2 atom stereocenters. The molecule has 33 heavy (non-hydrogen) atoms. The molecule has 2 aromatic carbocycles. The number of carbonyl (C=O) groups excluding carboxylic acids is 1. The van der Waals surface area contributed by atoms with Crippen molar-refractivity contribution >= 4 is 16.0 Å². The third-order valence-electron chi connectivity index (χ3n) is 5.97. The quantitative estimate of drug-likeness (QED) is 0.509. The average Bonchev–Trinajstić information content (AvgIpc) is 2.80. The Bertz CT molecular complexity index is 1070. The number of methoxy groups -OCH3 is 2. The first-order valence-electron chi connectivity index (χ1n) is 11.2. The minimum atomic E-state index is -3.49. The molecule has 0 saturated carbocycles. The summed E-state index contributed by atoms with van der Waals surface area (Å²) in [6.45, 7) is 2.34. The number of rotatable bonds is 9. The van der Waals surface area contributed by atoms with Crippen LogP contribution in [0.25, 0.3) is 0 Å². The number of esters is 1. The van der Waals surface area contributed by atoms with Crippen LogP contribution in [0.2, 0.25) is 0 Å². The van der Waals surface area contributed by atoms with Crippen molar-refractivity contribution in [1.29, 1.82) is 0 Å². The number of hydrogen-bond donors (Lipinski definition) is 0. The lowest BCUT2D eigenvalue weighted by Crippen LogP contribution is -2.48. The number of ether oxygens (including phenoxy) is 3. The zero-order valence-corrected chi connectivity index (χ0v) is 20.6. The highest BCUT2D eigenvalue weighted by Crippen LogP contribution is 2.31. The standard InChI is InChI=1S/C25H33NO6S/c1-18-8-7-9-20(16-18)22(13-11-19-12-14-23(30-2)24(17-19)31-3)32-25(27)21-10-5-6-15-26(21)33(4,28)29/h7-9,12,14,16-17,21-22H,5-6,10-11,13,15H2,1-4H3/t21-,22+/m0/s1. The van der Waals surface area contributed by atoms with Crippen molar-refractivity contribution in [2.45, 2.75) is 51.2 Å². The minimum Gasteiger partial charge on any atom is -0.493 e. The molecule has 1 fully saturated rings. The third kappa shape index (κ3) is 6.48. The molecular weight excluding hydrogens is 442 g/mol. The van der Waals surface area contributed by atoms with Crippen LogP contribution in [0.4, 0.5) is 0 Å². The van der Waals surface area contributed by atoms with Crippen LogP contribution in [0.5, 0.6) is 11.5 Å². The van der Waals surface area contributed by atoms with Crippen molar-refractivity contribution in [3.05, 3.63) is 59.2 Å². The first kappa shape index (κ1) is 25.1. The molecule has 3 rings (SSSR count). The Morgan fingerprint density at radius 3 is 2.52 bits per heavy atom. The number of sulfonamides is 1. The molecule has 0 unspecified atom stereocenters. The van der Waals surface area contributed by atoms with E-state index in [9.17, 15) is 13.2 Å².